The van der Waals surface area contributed by atoms with Crippen LogP contribution in [0.4, 0.5) is 8.78 Å². The summed E-state index contributed by atoms with van der Waals surface area (Å²) in [5.74, 6) is -1.04. The van der Waals surface area contributed by atoms with Crippen molar-refractivity contribution in [1.82, 2.24) is 5.32 Å². The zero-order valence-electron chi connectivity index (χ0n) is 9.59. The van der Waals surface area contributed by atoms with E-state index in [-0.39, 0.29) is 5.75 Å². The van der Waals surface area contributed by atoms with Crippen molar-refractivity contribution in [3.63, 3.8) is 0 Å². The average molecular weight is 229 g/mol. The average Bonchev–Trinajstić information content (AvgIpc) is 2.23. The summed E-state index contributed by atoms with van der Waals surface area (Å²) in [6.07, 6.45) is 0.754. The second-order valence-electron chi connectivity index (χ2n) is 3.67. The van der Waals surface area contributed by atoms with Gasteiger partial charge in [0.15, 0.2) is 11.6 Å². The second-order valence-corrected chi connectivity index (χ2v) is 3.67. The number of benzene rings is 1. The minimum atomic E-state index is -0.530. The molecule has 0 aromatic heterocycles. The minimum Gasteiger partial charge on any atom is -0.490 e. The van der Waals surface area contributed by atoms with E-state index in [4.69, 9.17) is 4.74 Å². The number of halogens is 2. The molecule has 0 bridgehead atoms. The van der Waals surface area contributed by atoms with Gasteiger partial charge in [-0.15, -0.1) is 0 Å². The topological polar surface area (TPSA) is 21.3 Å². The van der Waals surface area contributed by atoms with Crippen LogP contribution in [-0.4, -0.2) is 19.2 Å². The molecule has 0 radical (unpaired) electrons. The summed E-state index contributed by atoms with van der Waals surface area (Å²) in [5.41, 5.74) is 0. The Morgan fingerprint density at radius 2 is 2.12 bits per heavy atom. The fourth-order valence-corrected chi connectivity index (χ4v) is 1.38. The van der Waals surface area contributed by atoms with E-state index in [0.29, 0.717) is 12.6 Å². The van der Waals surface area contributed by atoms with Gasteiger partial charge < -0.3 is 10.1 Å². The molecule has 90 valence electrons. The molecule has 0 aliphatic carbocycles. The fourth-order valence-electron chi connectivity index (χ4n) is 1.38. The third kappa shape index (κ3) is 4.14. The predicted molar refractivity (Wildman–Crippen MR) is 59.6 cm³/mol. The first kappa shape index (κ1) is 12.9. The van der Waals surface area contributed by atoms with Crippen LogP contribution in [0.1, 0.15) is 20.3 Å². The number of rotatable bonds is 6. The molecule has 4 heteroatoms. The van der Waals surface area contributed by atoms with E-state index in [1.165, 1.54) is 0 Å². The van der Waals surface area contributed by atoms with Crippen LogP contribution >= 0.6 is 0 Å². The highest BCUT2D eigenvalue weighted by molar-refractivity contribution is 5.24. The molecule has 0 spiro atoms. The monoisotopic (exact) mass is 229 g/mol. The molecule has 0 aliphatic rings. The Morgan fingerprint density at radius 3 is 2.81 bits per heavy atom. The first-order valence-corrected chi connectivity index (χ1v) is 5.44. The van der Waals surface area contributed by atoms with Gasteiger partial charge in [0.05, 0.1) is 6.61 Å². The molecular formula is C12H17F2NO. The first-order chi connectivity index (χ1) is 7.63. The van der Waals surface area contributed by atoms with Crippen LogP contribution in [0.5, 0.6) is 5.75 Å². The van der Waals surface area contributed by atoms with Gasteiger partial charge in [-0.3, -0.25) is 0 Å². The van der Waals surface area contributed by atoms with Crippen molar-refractivity contribution in [2.24, 2.45) is 0 Å². The molecule has 2 nitrogen and oxygen atoms in total. The summed E-state index contributed by atoms with van der Waals surface area (Å²) >= 11 is 0. The second kappa shape index (κ2) is 6.43. The molecule has 0 saturated heterocycles. The third-order valence-electron chi connectivity index (χ3n) is 2.25. The zero-order valence-corrected chi connectivity index (χ0v) is 9.59. The molecular weight excluding hydrogens is 212 g/mol. The summed E-state index contributed by atoms with van der Waals surface area (Å²) in [6.45, 7) is 5.29. The van der Waals surface area contributed by atoms with E-state index in [2.05, 4.69) is 5.32 Å². The Balaban J connectivity index is 2.39. The molecule has 1 unspecified atom stereocenters. The molecule has 1 N–H and O–H groups in total. The Labute approximate surface area is 94.6 Å². The van der Waals surface area contributed by atoms with E-state index < -0.39 is 11.6 Å². The Morgan fingerprint density at radius 1 is 1.38 bits per heavy atom. The van der Waals surface area contributed by atoms with Crippen molar-refractivity contribution in [3.8, 4) is 5.75 Å². The highest BCUT2D eigenvalue weighted by Gasteiger charge is 2.06. The highest BCUT2D eigenvalue weighted by atomic mass is 19.1. The normalized spacial score (nSPS) is 12.5. The number of hydrogen-bond donors (Lipinski definition) is 1. The molecule has 16 heavy (non-hydrogen) atoms. The summed E-state index contributed by atoms with van der Waals surface area (Å²) in [7, 11) is 0. The zero-order chi connectivity index (χ0) is 12.0. The standard InChI is InChI=1S/C12H17F2NO/c1-3-15-9(2)6-7-16-12-8-10(13)4-5-11(12)14/h4-5,8-9,15H,3,6-7H2,1-2H3. The van der Waals surface area contributed by atoms with Crippen molar-refractivity contribution in [2.75, 3.05) is 13.2 Å². The minimum absolute atomic E-state index is 0.0244. The molecule has 0 saturated carbocycles. The van der Waals surface area contributed by atoms with Gasteiger partial charge >= 0.3 is 0 Å². The molecule has 1 aromatic rings. The van der Waals surface area contributed by atoms with Crippen molar-refractivity contribution in [3.05, 3.63) is 29.8 Å². The van der Waals surface area contributed by atoms with Crippen LogP contribution in [0.25, 0.3) is 0 Å². The first-order valence-electron chi connectivity index (χ1n) is 5.44. The molecule has 0 amide bonds. The van der Waals surface area contributed by atoms with Gasteiger partial charge in [0, 0.05) is 12.1 Å². The maximum absolute atomic E-state index is 13.1. The lowest BCUT2D eigenvalue weighted by Crippen LogP contribution is -2.27. The van der Waals surface area contributed by atoms with Crippen LogP contribution in [0.15, 0.2) is 18.2 Å². The maximum atomic E-state index is 13.1. The molecule has 1 aromatic carbocycles. The summed E-state index contributed by atoms with van der Waals surface area (Å²) in [5, 5.41) is 3.21. The number of ether oxygens (including phenoxy) is 1. The molecule has 0 fully saturated rings. The van der Waals surface area contributed by atoms with E-state index in [0.717, 1.165) is 31.2 Å². The maximum Gasteiger partial charge on any atom is 0.165 e. The van der Waals surface area contributed by atoms with E-state index in [9.17, 15) is 8.78 Å². The van der Waals surface area contributed by atoms with E-state index >= 15 is 0 Å². The Bertz CT molecular complexity index is 331. The Hall–Kier alpha value is -1.16. The molecule has 1 atom stereocenters. The fraction of sp³-hybridized carbons (Fsp3) is 0.500. The van der Waals surface area contributed by atoms with Crippen LogP contribution in [0.2, 0.25) is 0 Å². The number of nitrogens with one attached hydrogen (secondary N) is 1. The van der Waals surface area contributed by atoms with Crippen molar-refractivity contribution in [2.45, 2.75) is 26.3 Å². The van der Waals surface area contributed by atoms with E-state index in [1.54, 1.807) is 0 Å². The largest absolute Gasteiger partial charge is 0.490 e. The quantitative estimate of drug-likeness (QED) is 0.809. The smallest absolute Gasteiger partial charge is 0.165 e. The van der Waals surface area contributed by atoms with Gasteiger partial charge in [-0.2, -0.15) is 0 Å². The summed E-state index contributed by atoms with van der Waals surface area (Å²) in [4.78, 5) is 0. The van der Waals surface area contributed by atoms with Crippen LogP contribution in [-0.2, 0) is 0 Å². The van der Waals surface area contributed by atoms with Crippen LogP contribution < -0.4 is 10.1 Å². The number of hydrogen-bond acceptors (Lipinski definition) is 2. The lowest BCUT2D eigenvalue weighted by molar-refractivity contribution is 0.277. The SMILES string of the molecule is CCNC(C)CCOc1cc(F)ccc1F. The summed E-state index contributed by atoms with van der Waals surface area (Å²) in [6, 6.07) is 3.51. The van der Waals surface area contributed by atoms with Crippen LogP contribution in [0, 0.1) is 11.6 Å². The Kier molecular flexibility index (Phi) is 5.19. The third-order valence-corrected chi connectivity index (χ3v) is 2.25. The van der Waals surface area contributed by atoms with Gasteiger partial charge in [-0.05, 0) is 32.0 Å². The summed E-state index contributed by atoms with van der Waals surface area (Å²) < 4.78 is 31.1. The molecule has 0 aliphatic heterocycles. The lowest BCUT2D eigenvalue weighted by Gasteiger charge is -2.13. The molecule has 0 heterocycles. The van der Waals surface area contributed by atoms with Crippen molar-refractivity contribution >= 4 is 0 Å². The van der Waals surface area contributed by atoms with Gasteiger partial charge in [0.2, 0.25) is 0 Å². The predicted octanol–water partition coefficient (Wildman–Crippen LogP) is 2.73. The van der Waals surface area contributed by atoms with Crippen molar-refractivity contribution in [1.29, 1.82) is 0 Å². The van der Waals surface area contributed by atoms with Gasteiger partial charge in [0.1, 0.15) is 5.82 Å². The van der Waals surface area contributed by atoms with Gasteiger partial charge in [-0.1, -0.05) is 6.92 Å². The lowest BCUT2D eigenvalue weighted by atomic mass is 10.2. The van der Waals surface area contributed by atoms with Gasteiger partial charge in [-0.25, -0.2) is 8.78 Å². The molecule has 1 rings (SSSR count). The van der Waals surface area contributed by atoms with E-state index in [1.807, 2.05) is 13.8 Å². The van der Waals surface area contributed by atoms with Gasteiger partial charge in [0.25, 0.3) is 0 Å². The highest BCUT2D eigenvalue weighted by Crippen LogP contribution is 2.18. The van der Waals surface area contributed by atoms with Crippen LogP contribution in [0.3, 0.4) is 0 Å². The van der Waals surface area contributed by atoms with Crippen molar-refractivity contribution < 1.29 is 13.5 Å².